The molecule has 2 aromatic carbocycles. The SMILES string of the molecule is CC[C@H]1O[C@@H](n2ccc(=O)[nH]c2=O)C(OC)[C@H]1O[P@]1O[C@@H](C[Si](C)(c2ccccc2)c2ccccc2)[C@H]2CCCN21. The van der Waals surface area contributed by atoms with Crippen LogP contribution in [0.1, 0.15) is 32.4 Å². The summed E-state index contributed by atoms with van der Waals surface area (Å²) in [6.45, 7) is 5.42. The lowest BCUT2D eigenvalue weighted by molar-refractivity contribution is -0.0538. The van der Waals surface area contributed by atoms with Crippen molar-refractivity contribution >= 4 is 27.0 Å². The molecule has 3 aliphatic heterocycles. The van der Waals surface area contributed by atoms with Crippen LogP contribution < -0.4 is 21.6 Å². The van der Waals surface area contributed by atoms with E-state index in [9.17, 15) is 9.59 Å². The summed E-state index contributed by atoms with van der Waals surface area (Å²) < 4.78 is 29.7. The Balaban J connectivity index is 1.26. The van der Waals surface area contributed by atoms with E-state index in [1.165, 1.54) is 27.2 Å². The molecule has 0 amide bonds. The Morgan fingerprint density at radius 3 is 2.29 bits per heavy atom. The number of aromatic amines is 1. The first-order valence-corrected chi connectivity index (χ1v) is 18.3. The van der Waals surface area contributed by atoms with Crippen molar-refractivity contribution in [3.63, 3.8) is 0 Å². The lowest BCUT2D eigenvalue weighted by atomic mass is 10.1. The Kier molecular flexibility index (Phi) is 8.43. The second-order valence-corrected chi connectivity index (χ2v) is 16.9. The summed E-state index contributed by atoms with van der Waals surface area (Å²) in [4.78, 5) is 26.6. The highest BCUT2D eigenvalue weighted by Gasteiger charge is 2.54. The van der Waals surface area contributed by atoms with Crippen LogP contribution in [0, 0.1) is 0 Å². The van der Waals surface area contributed by atoms with Gasteiger partial charge in [-0.05, 0) is 25.3 Å². The van der Waals surface area contributed by atoms with E-state index in [1.54, 1.807) is 7.11 Å². The van der Waals surface area contributed by atoms with Gasteiger partial charge in [0, 0.05) is 32.0 Å². The van der Waals surface area contributed by atoms with Crippen LogP contribution in [0.4, 0.5) is 0 Å². The lowest BCUT2D eigenvalue weighted by Crippen LogP contribution is -2.58. The van der Waals surface area contributed by atoms with E-state index < -0.39 is 46.3 Å². The fraction of sp³-hybridized carbons (Fsp3) is 0.467. The molecule has 3 aliphatic rings. The summed E-state index contributed by atoms with van der Waals surface area (Å²) >= 11 is 0. The zero-order valence-electron chi connectivity index (χ0n) is 23.7. The van der Waals surface area contributed by atoms with Crippen LogP contribution in [0.5, 0.6) is 0 Å². The molecule has 3 fully saturated rings. The Morgan fingerprint density at radius 1 is 1.00 bits per heavy atom. The highest BCUT2D eigenvalue weighted by Crippen LogP contribution is 2.59. The number of hydrogen-bond donors (Lipinski definition) is 1. The summed E-state index contributed by atoms with van der Waals surface area (Å²) in [7, 11) is -1.86. The molecule has 3 saturated heterocycles. The monoisotopic (exact) mass is 595 g/mol. The maximum Gasteiger partial charge on any atom is 0.330 e. The van der Waals surface area contributed by atoms with Gasteiger partial charge in [0.25, 0.3) is 14.1 Å². The fourth-order valence-electron chi connectivity index (χ4n) is 6.65. The molecule has 0 radical (unpaired) electrons. The zero-order chi connectivity index (χ0) is 28.6. The number of hydrogen-bond acceptors (Lipinski definition) is 7. The normalized spacial score (nSPS) is 30.1. The molecule has 218 valence electrons. The Labute approximate surface area is 242 Å². The first-order chi connectivity index (χ1) is 19.9. The van der Waals surface area contributed by atoms with Crippen molar-refractivity contribution in [3.05, 3.63) is 93.8 Å². The molecule has 3 aromatic rings. The van der Waals surface area contributed by atoms with Crippen LogP contribution in [-0.4, -0.2) is 66.4 Å². The quantitative estimate of drug-likeness (QED) is 0.300. The summed E-state index contributed by atoms with van der Waals surface area (Å²) in [5.74, 6) is 0. The molecule has 0 bridgehead atoms. The van der Waals surface area contributed by atoms with Gasteiger partial charge in [-0.1, -0.05) is 84.5 Å². The van der Waals surface area contributed by atoms with Gasteiger partial charge in [-0.25, -0.2) is 9.46 Å². The first kappa shape index (κ1) is 28.7. The van der Waals surface area contributed by atoms with E-state index in [0.29, 0.717) is 12.5 Å². The first-order valence-electron chi connectivity index (χ1n) is 14.4. The Morgan fingerprint density at radius 2 is 1.68 bits per heavy atom. The number of aromatic nitrogens is 2. The number of fused-ring (bicyclic) bond motifs is 1. The van der Waals surface area contributed by atoms with Gasteiger partial charge in [0.2, 0.25) is 0 Å². The number of nitrogens with one attached hydrogen (secondary N) is 1. The molecule has 0 saturated carbocycles. The molecule has 9 nitrogen and oxygen atoms in total. The Bertz CT molecular complexity index is 1400. The highest BCUT2D eigenvalue weighted by atomic mass is 31.2. The van der Waals surface area contributed by atoms with Gasteiger partial charge in [0.05, 0.1) is 12.2 Å². The van der Waals surface area contributed by atoms with Crippen LogP contribution in [0.25, 0.3) is 0 Å². The van der Waals surface area contributed by atoms with Crippen LogP contribution in [0.15, 0.2) is 82.5 Å². The number of rotatable bonds is 9. The standard InChI is InChI=1S/C30H38N3O6PSi/c1-4-24-27(28(36-2)29(37-24)32-19-17-26(34)31-30(32)35)39-40-33-18-11-16-23(33)25(38-40)20-41(3,21-12-7-5-8-13-21)22-14-9-6-10-15-22/h5-10,12-15,17,19,23-25,27-29H,4,11,16,18,20H2,1-3H3,(H,31,34,35)/t23-,24-,25+,27+,28?,29-,40+/m1/s1. The third-order valence-corrected chi connectivity index (χ3v) is 15.1. The van der Waals surface area contributed by atoms with E-state index in [-0.39, 0.29) is 12.2 Å². The predicted molar refractivity (Wildman–Crippen MR) is 161 cm³/mol. The molecular formula is C30H38N3O6PSi. The summed E-state index contributed by atoms with van der Waals surface area (Å²) in [6.07, 6.45) is 2.43. The van der Waals surface area contributed by atoms with Crippen LogP contribution in [-0.2, 0) is 18.5 Å². The smallest absolute Gasteiger partial charge is 0.330 e. The van der Waals surface area contributed by atoms with Gasteiger partial charge < -0.3 is 18.5 Å². The number of benzene rings is 2. The minimum absolute atomic E-state index is 0.0571. The maximum atomic E-state index is 12.6. The minimum atomic E-state index is -2.12. The van der Waals surface area contributed by atoms with Gasteiger partial charge in [-0.3, -0.25) is 14.3 Å². The molecular weight excluding hydrogens is 557 g/mol. The van der Waals surface area contributed by atoms with Crippen molar-refractivity contribution in [2.45, 2.75) is 75.5 Å². The van der Waals surface area contributed by atoms with Crippen molar-refractivity contribution in [2.75, 3.05) is 13.7 Å². The average molecular weight is 596 g/mol. The third-order valence-electron chi connectivity index (χ3n) is 8.86. The van der Waals surface area contributed by atoms with Gasteiger partial charge in [0.15, 0.2) is 6.23 Å². The molecule has 1 unspecified atom stereocenters. The number of ether oxygens (including phenoxy) is 2. The average Bonchev–Trinajstić information content (AvgIpc) is 3.69. The largest absolute Gasteiger partial charge is 0.374 e. The fourth-order valence-corrected chi connectivity index (χ4v) is 12.6. The van der Waals surface area contributed by atoms with Crippen LogP contribution in [0.3, 0.4) is 0 Å². The maximum absolute atomic E-state index is 12.6. The van der Waals surface area contributed by atoms with Crippen molar-refractivity contribution in [3.8, 4) is 0 Å². The zero-order valence-corrected chi connectivity index (χ0v) is 25.6. The highest BCUT2D eigenvalue weighted by molar-refractivity contribution is 7.45. The van der Waals surface area contributed by atoms with Gasteiger partial charge in [-0.2, -0.15) is 0 Å². The summed E-state index contributed by atoms with van der Waals surface area (Å²) in [5.41, 5.74) is -0.984. The third kappa shape index (κ3) is 5.43. The van der Waals surface area contributed by atoms with E-state index in [0.717, 1.165) is 25.4 Å². The van der Waals surface area contributed by atoms with Gasteiger partial charge >= 0.3 is 5.69 Å². The van der Waals surface area contributed by atoms with Gasteiger partial charge in [-0.15, -0.1) is 0 Å². The minimum Gasteiger partial charge on any atom is -0.374 e. The second kappa shape index (κ2) is 12.0. The van der Waals surface area contributed by atoms with Crippen molar-refractivity contribution in [1.29, 1.82) is 0 Å². The molecule has 0 spiro atoms. The lowest BCUT2D eigenvalue weighted by Gasteiger charge is -2.32. The molecule has 11 heteroatoms. The Hall–Kier alpha value is -2.43. The van der Waals surface area contributed by atoms with E-state index >= 15 is 0 Å². The van der Waals surface area contributed by atoms with E-state index in [4.69, 9.17) is 18.5 Å². The van der Waals surface area contributed by atoms with Crippen LogP contribution in [0.2, 0.25) is 12.6 Å². The molecule has 1 N–H and O–H groups in total. The number of H-pyrrole nitrogens is 1. The second-order valence-electron chi connectivity index (χ2n) is 11.3. The molecule has 41 heavy (non-hydrogen) atoms. The van der Waals surface area contributed by atoms with E-state index in [1.807, 2.05) is 6.92 Å². The predicted octanol–water partition coefficient (Wildman–Crippen LogP) is 3.23. The number of methoxy groups -OCH3 is 1. The number of nitrogens with zero attached hydrogens (tertiary/aromatic N) is 2. The topological polar surface area (TPSA) is 95.0 Å². The van der Waals surface area contributed by atoms with Crippen molar-refractivity contribution in [1.82, 2.24) is 14.2 Å². The summed E-state index contributed by atoms with van der Waals surface area (Å²) in [6, 6.07) is 24.4. The molecule has 7 atom stereocenters. The van der Waals surface area contributed by atoms with Crippen molar-refractivity contribution < 1.29 is 18.5 Å². The molecule has 1 aromatic heterocycles. The summed E-state index contributed by atoms with van der Waals surface area (Å²) in [5, 5.41) is 2.81. The molecule has 0 aliphatic carbocycles. The van der Waals surface area contributed by atoms with Crippen LogP contribution >= 0.6 is 8.53 Å². The van der Waals surface area contributed by atoms with Crippen molar-refractivity contribution in [2.24, 2.45) is 0 Å². The van der Waals surface area contributed by atoms with Gasteiger partial charge in [0.1, 0.15) is 20.3 Å². The molecule has 6 rings (SSSR count). The van der Waals surface area contributed by atoms with E-state index in [2.05, 4.69) is 76.9 Å². The molecule has 4 heterocycles.